The maximum absolute atomic E-state index is 13.9. The number of rotatable bonds is 3. The Morgan fingerprint density at radius 3 is 2.71 bits per heavy atom. The van der Waals surface area contributed by atoms with Gasteiger partial charge < -0.3 is 4.74 Å². The molecule has 0 aliphatic carbocycles. The van der Waals surface area contributed by atoms with Gasteiger partial charge in [0.1, 0.15) is 11.4 Å². The summed E-state index contributed by atoms with van der Waals surface area (Å²) >= 11 is 0. The molecule has 88 valence electrons. The Bertz CT molecular complexity index is 563. The van der Waals surface area contributed by atoms with Gasteiger partial charge >= 0.3 is 0 Å². The molecule has 4 nitrogen and oxygen atoms in total. The largest absolute Gasteiger partial charge is 0.494 e. The fourth-order valence-electron chi connectivity index (χ4n) is 1.54. The topological polar surface area (TPSA) is 44.1 Å². The van der Waals surface area contributed by atoms with Crippen molar-refractivity contribution in [3.8, 4) is 11.4 Å². The number of para-hydroxylation sites is 2. The second kappa shape index (κ2) is 4.37. The van der Waals surface area contributed by atoms with Gasteiger partial charge in [-0.25, -0.2) is 4.68 Å². The van der Waals surface area contributed by atoms with Crippen molar-refractivity contribution in [2.24, 2.45) is 0 Å². The highest BCUT2D eigenvalue weighted by molar-refractivity contribution is 5.93. The highest BCUT2D eigenvalue weighted by Crippen LogP contribution is 2.23. The average molecular weight is 234 g/mol. The van der Waals surface area contributed by atoms with Crippen LogP contribution in [0.25, 0.3) is 5.69 Å². The van der Waals surface area contributed by atoms with Gasteiger partial charge in [0.05, 0.1) is 18.9 Å². The van der Waals surface area contributed by atoms with E-state index in [0.29, 0.717) is 11.4 Å². The lowest BCUT2D eigenvalue weighted by atomic mass is 10.2. The molecule has 0 spiro atoms. The third-order valence-electron chi connectivity index (χ3n) is 2.40. The van der Waals surface area contributed by atoms with Gasteiger partial charge in [0.2, 0.25) is 5.95 Å². The van der Waals surface area contributed by atoms with Crippen molar-refractivity contribution in [1.82, 2.24) is 9.78 Å². The molecule has 0 atom stereocenters. The third-order valence-corrected chi connectivity index (χ3v) is 2.40. The molecule has 17 heavy (non-hydrogen) atoms. The summed E-state index contributed by atoms with van der Waals surface area (Å²) < 4.78 is 20.1. The number of carbonyl (C=O) groups excluding carboxylic acids is 1. The predicted molar refractivity (Wildman–Crippen MR) is 60.1 cm³/mol. The number of Topliss-reactive ketones (excluding diaryl/α,β-unsaturated/α-hetero) is 1. The zero-order valence-electron chi connectivity index (χ0n) is 9.48. The Hall–Kier alpha value is -2.17. The monoisotopic (exact) mass is 234 g/mol. The maximum atomic E-state index is 13.9. The Kier molecular flexibility index (Phi) is 2.91. The lowest BCUT2D eigenvalue weighted by molar-refractivity contribution is 0.101. The van der Waals surface area contributed by atoms with Crippen LogP contribution in [0.4, 0.5) is 4.39 Å². The Balaban J connectivity index is 2.57. The summed E-state index contributed by atoms with van der Waals surface area (Å²) in [5.74, 6) is -0.546. The Morgan fingerprint density at radius 2 is 2.12 bits per heavy atom. The minimum atomic E-state index is -0.679. The second-order valence-electron chi connectivity index (χ2n) is 3.49. The van der Waals surface area contributed by atoms with Crippen LogP contribution in [0.1, 0.15) is 17.3 Å². The molecule has 0 unspecified atom stereocenters. The fourth-order valence-corrected chi connectivity index (χ4v) is 1.54. The number of benzene rings is 1. The van der Waals surface area contributed by atoms with Crippen LogP contribution in [-0.2, 0) is 0 Å². The van der Waals surface area contributed by atoms with Crippen LogP contribution in [0.5, 0.6) is 5.75 Å². The summed E-state index contributed by atoms with van der Waals surface area (Å²) in [4.78, 5) is 11.1. The summed E-state index contributed by atoms with van der Waals surface area (Å²) in [6.07, 6.45) is 1.21. The first-order valence-corrected chi connectivity index (χ1v) is 5.03. The van der Waals surface area contributed by atoms with E-state index in [2.05, 4.69) is 5.10 Å². The standard InChI is InChI=1S/C12H11FN2O2/c1-8(16)9-7-14-15(12(9)13)10-5-3-4-6-11(10)17-2/h3-7H,1-2H3. The fraction of sp³-hybridized carbons (Fsp3) is 0.167. The van der Waals surface area contributed by atoms with E-state index in [4.69, 9.17) is 4.74 Å². The molecule has 0 saturated heterocycles. The number of nitrogens with zero attached hydrogens (tertiary/aromatic N) is 2. The van der Waals surface area contributed by atoms with Crippen LogP contribution in [0.2, 0.25) is 0 Å². The second-order valence-corrected chi connectivity index (χ2v) is 3.49. The van der Waals surface area contributed by atoms with Crippen molar-refractivity contribution in [2.45, 2.75) is 6.92 Å². The van der Waals surface area contributed by atoms with Crippen LogP contribution in [0, 0.1) is 5.95 Å². The molecular weight excluding hydrogens is 223 g/mol. The normalized spacial score (nSPS) is 10.3. The van der Waals surface area contributed by atoms with Crippen molar-refractivity contribution >= 4 is 5.78 Å². The first-order valence-electron chi connectivity index (χ1n) is 5.03. The van der Waals surface area contributed by atoms with Gasteiger partial charge in [-0.2, -0.15) is 9.49 Å². The molecule has 0 amide bonds. The summed E-state index contributed by atoms with van der Waals surface area (Å²) in [7, 11) is 1.49. The molecule has 0 aliphatic heterocycles. The summed E-state index contributed by atoms with van der Waals surface area (Å²) in [6, 6.07) is 6.88. The Morgan fingerprint density at radius 1 is 1.41 bits per heavy atom. The number of hydrogen-bond donors (Lipinski definition) is 0. The van der Waals surface area contributed by atoms with E-state index >= 15 is 0 Å². The van der Waals surface area contributed by atoms with Crippen LogP contribution < -0.4 is 4.74 Å². The van der Waals surface area contributed by atoms with E-state index in [1.165, 1.54) is 20.2 Å². The van der Waals surface area contributed by atoms with Gasteiger partial charge in [0.25, 0.3) is 0 Å². The molecule has 5 heteroatoms. The zero-order valence-corrected chi connectivity index (χ0v) is 9.48. The van der Waals surface area contributed by atoms with E-state index in [1.807, 2.05) is 0 Å². The third kappa shape index (κ3) is 1.91. The van der Waals surface area contributed by atoms with Crippen molar-refractivity contribution < 1.29 is 13.9 Å². The first-order chi connectivity index (χ1) is 8.15. The molecule has 0 saturated carbocycles. The van der Waals surface area contributed by atoms with E-state index < -0.39 is 5.95 Å². The number of ether oxygens (including phenoxy) is 1. The molecule has 0 radical (unpaired) electrons. The van der Waals surface area contributed by atoms with Gasteiger partial charge in [0, 0.05) is 0 Å². The minimum absolute atomic E-state index is 0.0316. The molecule has 0 fully saturated rings. The summed E-state index contributed by atoms with van der Waals surface area (Å²) in [5.41, 5.74) is 0.427. The number of halogens is 1. The number of methoxy groups -OCH3 is 1. The molecule has 1 heterocycles. The molecule has 2 rings (SSSR count). The molecule has 0 bridgehead atoms. The highest BCUT2D eigenvalue weighted by Gasteiger charge is 2.17. The molecule has 2 aromatic rings. The number of carbonyl (C=O) groups is 1. The molecule has 1 aromatic carbocycles. The first kappa shape index (κ1) is 11.3. The van der Waals surface area contributed by atoms with Crippen molar-refractivity contribution in [3.63, 3.8) is 0 Å². The maximum Gasteiger partial charge on any atom is 0.227 e. The average Bonchev–Trinajstić information content (AvgIpc) is 2.71. The minimum Gasteiger partial charge on any atom is -0.494 e. The van der Waals surface area contributed by atoms with E-state index in [-0.39, 0.29) is 11.3 Å². The van der Waals surface area contributed by atoms with Crippen molar-refractivity contribution in [2.75, 3.05) is 7.11 Å². The van der Waals surface area contributed by atoms with Crippen LogP contribution in [0.15, 0.2) is 30.5 Å². The van der Waals surface area contributed by atoms with Crippen LogP contribution >= 0.6 is 0 Å². The number of hydrogen-bond acceptors (Lipinski definition) is 3. The SMILES string of the molecule is COc1ccccc1-n1ncc(C(C)=O)c1F. The Labute approximate surface area is 97.6 Å². The van der Waals surface area contributed by atoms with Crippen LogP contribution in [-0.4, -0.2) is 22.7 Å². The molecular formula is C12H11FN2O2. The van der Waals surface area contributed by atoms with Crippen LogP contribution in [0.3, 0.4) is 0 Å². The van der Waals surface area contributed by atoms with Gasteiger partial charge in [-0.1, -0.05) is 12.1 Å². The van der Waals surface area contributed by atoms with Gasteiger partial charge in [-0.3, -0.25) is 4.79 Å². The predicted octanol–water partition coefficient (Wildman–Crippen LogP) is 2.22. The van der Waals surface area contributed by atoms with Crippen molar-refractivity contribution in [3.05, 3.63) is 42.0 Å². The molecule has 0 aliphatic rings. The lowest BCUT2D eigenvalue weighted by Crippen LogP contribution is -2.04. The highest BCUT2D eigenvalue weighted by atomic mass is 19.1. The number of aromatic nitrogens is 2. The summed E-state index contributed by atoms with van der Waals surface area (Å²) in [6.45, 7) is 1.30. The van der Waals surface area contributed by atoms with Crippen molar-refractivity contribution in [1.29, 1.82) is 0 Å². The lowest BCUT2D eigenvalue weighted by Gasteiger charge is -2.08. The smallest absolute Gasteiger partial charge is 0.227 e. The number of ketones is 1. The summed E-state index contributed by atoms with van der Waals surface area (Å²) in [5, 5.41) is 3.86. The van der Waals surface area contributed by atoms with Gasteiger partial charge in [-0.05, 0) is 19.1 Å². The molecule has 0 N–H and O–H groups in total. The van der Waals surface area contributed by atoms with Gasteiger partial charge in [0.15, 0.2) is 5.78 Å². The quantitative estimate of drug-likeness (QED) is 0.765. The van der Waals surface area contributed by atoms with Gasteiger partial charge in [-0.15, -0.1) is 0 Å². The van der Waals surface area contributed by atoms with E-state index in [0.717, 1.165) is 4.68 Å². The van der Waals surface area contributed by atoms with E-state index in [9.17, 15) is 9.18 Å². The zero-order chi connectivity index (χ0) is 12.4. The van der Waals surface area contributed by atoms with E-state index in [1.54, 1.807) is 24.3 Å². The molecule has 1 aromatic heterocycles.